The molecule has 1 aliphatic rings. The zero-order valence-corrected chi connectivity index (χ0v) is 13.2. The van der Waals surface area contributed by atoms with Crippen LogP contribution in [0.25, 0.3) is 6.08 Å². The number of carbonyl (C=O) groups excluding carboxylic acids is 1. The number of pyridine rings is 1. The van der Waals surface area contributed by atoms with Gasteiger partial charge in [0, 0.05) is 35.1 Å². The lowest BCUT2D eigenvalue weighted by atomic mass is 10.2. The summed E-state index contributed by atoms with van der Waals surface area (Å²) in [5.74, 6) is 1.07. The molecule has 0 spiro atoms. The van der Waals surface area contributed by atoms with Gasteiger partial charge in [-0.2, -0.15) is 0 Å². The summed E-state index contributed by atoms with van der Waals surface area (Å²) in [4.78, 5) is 15.9. The average Bonchev–Trinajstić information content (AvgIpc) is 2.55. The van der Waals surface area contributed by atoms with E-state index in [9.17, 15) is 4.79 Å². The van der Waals surface area contributed by atoms with Crippen molar-refractivity contribution in [2.24, 2.45) is 0 Å². The van der Waals surface area contributed by atoms with E-state index in [1.54, 1.807) is 30.6 Å². The molecule has 0 radical (unpaired) electrons. The van der Waals surface area contributed by atoms with E-state index in [0.717, 1.165) is 10.0 Å². The van der Waals surface area contributed by atoms with Crippen molar-refractivity contribution in [3.63, 3.8) is 0 Å². The molecule has 5 nitrogen and oxygen atoms in total. The Morgan fingerprint density at radius 1 is 1.18 bits per heavy atom. The van der Waals surface area contributed by atoms with E-state index in [4.69, 9.17) is 9.47 Å². The van der Waals surface area contributed by atoms with Gasteiger partial charge in [0.2, 0.25) is 5.91 Å². The van der Waals surface area contributed by atoms with E-state index in [1.807, 2.05) is 12.1 Å². The molecule has 0 atom stereocenters. The Bertz CT molecular complexity index is 717. The fourth-order valence-corrected chi connectivity index (χ4v) is 2.40. The summed E-state index contributed by atoms with van der Waals surface area (Å²) in [6.45, 7) is 1.03. The summed E-state index contributed by atoms with van der Waals surface area (Å²) in [6, 6.07) is 7.18. The Hall–Kier alpha value is -2.34. The van der Waals surface area contributed by atoms with Gasteiger partial charge in [0.25, 0.3) is 0 Å². The molecule has 2 aromatic rings. The minimum atomic E-state index is -0.228. The molecule has 1 N–H and O–H groups in total. The second kappa shape index (κ2) is 6.62. The monoisotopic (exact) mass is 360 g/mol. The highest BCUT2D eigenvalue weighted by molar-refractivity contribution is 9.10. The van der Waals surface area contributed by atoms with Crippen molar-refractivity contribution >= 4 is 33.6 Å². The normalized spacial score (nSPS) is 13.1. The highest BCUT2D eigenvalue weighted by Gasteiger charge is 2.15. The van der Waals surface area contributed by atoms with E-state index in [2.05, 4.69) is 26.2 Å². The zero-order chi connectivity index (χ0) is 15.4. The Morgan fingerprint density at radius 3 is 2.59 bits per heavy atom. The van der Waals surface area contributed by atoms with E-state index in [-0.39, 0.29) is 5.91 Å². The predicted molar refractivity (Wildman–Crippen MR) is 87.0 cm³/mol. The Morgan fingerprint density at radius 2 is 1.86 bits per heavy atom. The molecule has 3 rings (SSSR count). The van der Waals surface area contributed by atoms with E-state index in [1.165, 1.54) is 6.08 Å². The minimum Gasteiger partial charge on any atom is -0.486 e. The van der Waals surface area contributed by atoms with Gasteiger partial charge in [-0.25, -0.2) is 0 Å². The van der Waals surface area contributed by atoms with Crippen LogP contribution in [-0.2, 0) is 4.79 Å². The number of carbonyl (C=O) groups is 1. The summed E-state index contributed by atoms with van der Waals surface area (Å²) in [5, 5.41) is 2.81. The fourth-order valence-electron chi connectivity index (χ4n) is 1.98. The first-order valence-electron chi connectivity index (χ1n) is 6.70. The number of anilines is 1. The second-order valence-corrected chi connectivity index (χ2v) is 5.43. The third-order valence-corrected chi connectivity index (χ3v) is 3.68. The molecular weight excluding hydrogens is 348 g/mol. The van der Waals surface area contributed by atoms with Crippen LogP contribution < -0.4 is 14.8 Å². The summed E-state index contributed by atoms with van der Waals surface area (Å²) in [7, 11) is 0. The molecule has 0 fully saturated rings. The Balaban J connectivity index is 1.73. The third-order valence-electron chi connectivity index (χ3n) is 3.02. The quantitative estimate of drug-likeness (QED) is 0.853. The number of halogens is 1. The largest absolute Gasteiger partial charge is 0.486 e. The number of hydrogen-bond donors (Lipinski definition) is 1. The Kier molecular flexibility index (Phi) is 4.39. The number of hydrogen-bond acceptors (Lipinski definition) is 4. The van der Waals surface area contributed by atoms with Crippen molar-refractivity contribution in [1.82, 2.24) is 4.98 Å². The van der Waals surface area contributed by atoms with Crippen molar-refractivity contribution < 1.29 is 14.3 Å². The average molecular weight is 361 g/mol. The molecule has 0 unspecified atom stereocenters. The van der Waals surface area contributed by atoms with Gasteiger partial charge in [0.05, 0.1) is 5.69 Å². The molecular formula is C16H13BrN2O3. The molecule has 0 bridgehead atoms. The van der Waals surface area contributed by atoms with Gasteiger partial charge in [-0.15, -0.1) is 0 Å². The summed E-state index contributed by atoms with van der Waals surface area (Å²) >= 11 is 3.42. The van der Waals surface area contributed by atoms with Crippen LogP contribution in [0.15, 0.2) is 47.2 Å². The molecule has 1 aromatic carbocycles. The first-order chi connectivity index (χ1) is 10.7. The smallest absolute Gasteiger partial charge is 0.248 e. The summed E-state index contributed by atoms with van der Waals surface area (Å²) < 4.78 is 11.7. The van der Waals surface area contributed by atoms with Crippen LogP contribution in [0.4, 0.5) is 5.69 Å². The van der Waals surface area contributed by atoms with Crippen molar-refractivity contribution in [2.75, 3.05) is 18.5 Å². The van der Waals surface area contributed by atoms with E-state index >= 15 is 0 Å². The molecule has 22 heavy (non-hydrogen) atoms. The molecule has 6 heteroatoms. The number of aromatic nitrogens is 1. The molecule has 112 valence electrons. The van der Waals surface area contributed by atoms with Crippen LogP contribution >= 0.6 is 15.9 Å². The number of ether oxygens (including phenoxy) is 2. The first-order valence-corrected chi connectivity index (χ1v) is 7.50. The van der Waals surface area contributed by atoms with Crippen molar-refractivity contribution in [3.8, 4) is 11.5 Å². The summed E-state index contributed by atoms with van der Waals surface area (Å²) in [5.41, 5.74) is 1.54. The lowest BCUT2D eigenvalue weighted by molar-refractivity contribution is -0.111. The second-order valence-electron chi connectivity index (χ2n) is 4.58. The maximum absolute atomic E-state index is 12.0. The van der Waals surface area contributed by atoms with Crippen LogP contribution in [0.1, 0.15) is 5.56 Å². The number of fused-ring (bicyclic) bond motifs is 1. The maximum Gasteiger partial charge on any atom is 0.248 e. The van der Waals surface area contributed by atoms with Crippen LogP contribution in [0.2, 0.25) is 0 Å². The topological polar surface area (TPSA) is 60.5 Å². The fraction of sp³-hybridized carbons (Fsp3) is 0.125. The van der Waals surface area contributed by atoms with Crippen LogP contribution in [0.5, 0.6) is 11.5 Å². The van der Waals surface area contributed by atoms with Crippen molar-refractivity contribution in [1.29, 1.82) is 0 Å². The SMILES string of the molecule is O=C(/C=C/c1ccncc1)Nc1cc2c(cc1Br)OCCO2. The number of benzene rings is 1. The van der Waals surface area contributed by atoms with E-state index in [0.29, 0.717) is 30.4 Å². The number of nitrogens with one attached hydrogen (secondary N) is 1. The lowest BCUT2D eigenvalue weighted by Crippen LogP contribution is -2.16. The number of rotatable bonds is 3. The van der Waals surface area contributed by atoms with Gasteiger partial charge >= 0.3 is 0 Å². The van der Waals surface area contributed by atoms with Crippen LogP contribution in [0, 0.1) is 0 Å². The van der Waals surface area contributed by atoms with Gasteiger partial charge in [-0.1, -0.05) is 0 Å². The third kappa shape index (κ3) is 3.46. The molecule has 2 heterocycles. The standard InChI is InChI=1S/C16H13BrN2O3/c17-12-9-14-15(22-8-7-21-14)10-13(12)19-16(20)2-1-11-3-5-18-6-4-11/h1-6,9-10H,7-8H2,(H,19,20)/b2-1+. The highest BCUT2D eigenvalue weighted by Crippen LogP contribution is 2.38. The van der Waals surface area contributed by atoms with Crippen molar-refractivity contribution in [3.05, 3.63) is 52.8 Å². The number of nitrogens with zero attached hydrogens (tertiary/aromatic N) is 1. The van der Waals surface area contributed by atoms with Gasteiger partial charge in [0.1, 0.15) is 13.2 Å². The van der Waals surface area contributed by atoms with Gasteiger partial charge < -0.3 is 14.8 Å². The molecule has 0 saturated heterocycles. The number of amides is 1. The molecule has 1 aliphatic heterocycles. The molecule has 1 amide bonds. The van der Waals surface area contributed by atoms with Gasteiger partial charge in [0.15, 0.2) is 11.5 Å². The Labute approximate surface area is 136 Å². The molecule has 0 aliphatic carbocycles. The molecule has 0 saturated carbocycles. The van der Waals surface area contributed by atoms with E-state index < -0.39 is 0 Å². The first kappa shape index (κ1) is 14.6. The van der Waals surface area contributed by atoms with Crippen molar-refractivity contribution in [2.45, 2.75) is 0 Å². The minimum absolute atomic E-state index is 0.228. The van der Waals surface area contributed by atoms with Gasteiger partial charge in [-0.05, 0) is 39.7 Å². The lowest BCUT2D eigenvalue weighted by Gasteiger charge is -2.19. The maximum atomic E-state index is 12.0. The zero-order valence-electron chi connectivity index (χ0n) is 11.6. The molecule has 1 aromatic heterocycles. The van der Waals surface area contributed by atoms with Gasteiger partial charge in [-0.3, -0.25) is 9.78 Å². The predicted octanol–water partition coefficient (Wildman–Crippen LogP) is 3.27. The van der Waals surface area contributed by atoms with Crippen LogP contribution in [0.3, 0.4) is 0 Å². The van der Waals surface area contributed by atoms with Crippen LogP contribution in [-0.4, -0.2) is 24.1 Å². The summed E-state index contributed by atoms with van der Waals surface area (Å²) in [6.07, 6.45) is 6.55. The highest BCUT2D eigenvalue weighted by atomic mass is 79.9.